The smallest absolute Gasteiger partial charge is 0.269 e. The lowest BCUT2D eigenvalue weighted by molar-refractivity contribution is -0.385. The van der Waals surface area contributed by atoms with E-state index in [2.05, 4.69) is 0 Å². The first-order valence-electron chi connectivity index (χ1n) is 10.5. The third-order valence-corrected chi connectivity index (χ3v) is 5.74. The van der Waals surface area contributed by atoms with Crippen LogP contribution in [0.25, 0.3) is 11.1 Å². The van der Waals surface area contributed by atoms with Gasteiger partial charge < -0.3 is 9.80 Å². The lowest BCUT2D eigenvalue weighted by Crippen LogP contribution is -2.09. The van der Waals surface area contributed by atoms with Gasteiger partial charge in [0, 0.05) is 61.1 Å². The van der Waals surface area contributed by atoms with Crippen LogP contribution in [0.3, 0.4) is 0 Å². The molecule has 0 heterocycles. The summed E-state index contributed by atoms with van der Waals surface area (Å²) < 4.78 is 0. The molecule has 0 aliphatic heterocycles. The molecule has 170 valence electrons. The van der Waals surface area contributed by atoms with E-state index in [4.69, 9.17) is 0 Å². The number of nitro benzene ring substituents is 2. The summed E-state index contributed by atoms with van der Waals surface area (Å²) in [5, 5.41) is 21.7. The molecule has 0 saturated heterocycles. The van der Waals surface area contributed by atoms with E-state index in [0.717, 1.165) is 33.9 Å². The van der Waals surface area contributed by atoms with Crippen LogP contribution in [0.1, 0.15) is 0 Å². The second-order valence-electron chi connectivity index (χ2n) is 7.76. The number of rotatable bonds is 7. The lowest BCUT2D eigenvalue weighted by Gasteiger charge is -2.20. The van der Waals surface area contributed by atoms with Gasteiger partial charge in [0.15, 0.2) is 0 Å². The number of nitrogens with zero attached hydrogens (tertiary/aromatic N) is 4. The Morgan fingerprint density at radius 2 is 0.706 bits per heavy atom. The van der Waals surface area contributed by atoms with E-state index in [-0.39, 0.29) is 11.4 Å². The Balaban J connectivity index is 1.47. The highest BCUT2D eigenvalue weighted by Crippen LogP contribution is 2.31. The molecule has 0 spiro atoms. The number of nitro groups is 2. The molecule has 34 heavy (non-hydrogen) atoms. The fourth-order valence-electron chi connectivity index (χ4n) is 3.65. The molecule has 4 aromatic rings. The van der Waals surface area contributed by atoms with Crippen LogP contribution in [0.15, 0.2) is 97.1 Å². The first-order chi connectivity index (χ1) is 16.3. The van der Waals surface area contributed by atoms with Crippen LogP contribution < -0.4 is 9.80 Å². The second kappa shape index (κ2) is 9.41. The van der Waals surface area contributed by atoms with Crippen molar-refractivity contribution < 1.29 is 9.85 Å². The van der Waals surface area contributed by atoms with Crippen molar-refractivity contribution in [3.63, 3.8) is 0 Å². The summed E-state index contributed by atoms with van der Waals surface area (Å²) >= 11 is 0. The Hall–Kier alpha value is -4.72. The van der Waals surface area contributed by atoms with Crippen molar-refractivity contribution in [1.82, 2.24) is 0 Å². The molecule has 4 rings (SSSR count). The molecule has 0 saturated carbocycles. The molecule has 0 unspecified atom stereocenters. The summed E-state index contributed by atoms with van der Waals surface area (Å²) in [6, 6.07) is 29.1. The predicted molar refractivity (Wildman–Crippen MR) is 134 cm³/mol. The zero-order valence-corrected chi connectivity index (χ0v) is 18.7. The zero-order valence-electron chi connectivity index (χ0n) is 18.7. The van der Waals surface area contributed by atoms with Crippen LogP contribution >= 0.6 is 0 Å². The van der Waals surface area contributed by atoms with E-state index in [9.17, 15) is 20.2 Å². The minimum atomic E-state index is -0.409. The van der Waals surface area contributed by atoms with Crippen molar-refractivity contribution in [2.45, 2.75) is 0 Å². The van der Waals surface area contributed by atoms with E-state index in [1.165, 1.54) is 24.3 Å². The first kappa shape index (κ1) is 22.5. The first-order valence-corrected chi connectivity index (χ1v) is 10.5. The maximum Gasteiger partial charge on any atom is 0.269 e. The van der Waals surface area contributed by atoms with Gasteiger partial charge >= 0.3 is 0 Å². The topological polar surface area (TPSA) is 92.8 Å². The SMILES string of the molecule is CN(c1ccc(-c2ccc(N(C)c3ccc([N+](=O)[O-])cc3)cc2)cc1)c1ccc([N+](=O)[O-])cc1. The van der Waals surface area contributed by atoms with Crippen molar-refractivity contribution in [2.75, 3.05) is 23.9 Å². The Bertz CT molecular complexity index is 1200. The molecule has 0 radical (unpaired) electrons. The highest BCUT2D eigenvalue weighted by molar-refractivity contribution is 5.72. The molecule has 8 nitrogen and oxygen atoms in total. The molecule has 4 aromatic carbocycles. The van der Waals surface area contributed by atoms with Crippen LogP contribution in [0.4, 0.5) is 34.1 Å². The molecule has 8 heteroatoms. The third kappa shape index (κ3) is 4.71. The van der Waals surface area contributed by atoms with Crippen molar-refractivity contribution in [3.05, 3.63) is 117 Å². The van der Waals surface area contributed by atoms with Crippen LogP contribution in [-0.2, 0) is 0 Å². The van der Waals surface area contributed by atoms with Crippen LogP contribution in [0, 0.1) is 20.2 Å². The predicted octanol–water partition coefficient (Wildman–Crippen LogP) is 6.71. The van der Waals surface area contributed by atoms with Crippen LogP contribution in [-0.4, -0.2) is 23.9 Å². The molecule has 0 fully saturated rings. The van der Waals surface area contributed by atoms with Gasteiger partial charge in [-0.3, -0.25) is 20.2 Å². The van der Waals surface area contributed by atoms with Gasteiger partial charge in [-0.15, -0.1) is 0 Å². The fraction of sp³-hybridized carbons (Fsp3) is 0.0769. The maximum atomic E-state index is 10.9. The van der Waals surface area contributed by atoms with Gasteiger partial charge in [0.25, 0.3) is 11.4 Å². The largest absolute Gasteiger partial charge is 0.345 e. The summed E-state index contributed by atoms with van der Waals surface area (Å²) in [4.78, 5) is 24.8. The molecule has 0 N–H and O–H groups in total. The van der Waals surface area contributed by atoms with Gasteiger partial charge in [0.1, 0.15) is 0 Å². The van der Waals surface area contributed by atoms with Crippen LogP contribution in [0.2, 0.25) is 0 Å². The Kier molecular flexibility index (Phi) is 6.22. The van der Waals surface area contributed by atoms with E-state index < -0.39 is 9.85 Å². The highest BCUT2D eigenvalue weighted by Gasteiger charge is 2.10. The normalized spacial score (nSPS) is 10.5. The average molecular weight is 454 g/mol. The van der Waals surface area contributed by atoms with Crippen molar-refractivity contribution in [2.24, 2.45) is 0 Å². The van der Waals surface area contributed by atoms with Crippen molar-refractivity contribution >= 4 is 34.1 Å². The molecule has 0 amide bonds. The molecule has 0 atom stereocenters. The number of non-ortho nitro benzene ring substituents is 2. The number of hydrogen-bond donors (Lipinski definition) is 0. The van der Waals surface area contributed by atoms with Gasteiger partial charge in [-0.2, -0.15) is 0 Å². The Morgan fingerprint density at radius 1 is 0.471 bits per heavy atom. The second-order valence-corrected chi connectivity index (χ2v) is 7.76. The Morgan fingerprint density at radius 3 is 0.941 bits per heavy atom. The number of hydrogen-bond acceptors (Lipinski definition) is 6. The molecule has 0 aliphatic rings. The molecule has 0 bridgehead atoms. The van der Waals surface area contributed by atoms with Crippen molar-refractivity contribution in [3.8, 4) is 11.1 Å². The summed E-state index contributed by atoms with van der Waals surface area (Å²) in [6.45, 7) is 0. The summed E-state index contributed by atoms with van der Waals surface area (Å²) in [5.41, 5.74) is 5.90. The lowest BCUT2D eigenvalue weighted by atomic mass is 10.0. The fourth-order valence-corrected chi connectivity index (χ4v) is 3.65. The van der Waals surface area contributed by atoms with E-state index in [1.54, 1.807) is 24.3 Å². The summed E-state index contributed by atoms with van der Waals surface area (Å²) in [7, 11) is 3.83. The van der Waals surface area contributed by atoms with Crippen molar-refractivity contribution in [1.29, 1.82) is 0 Å². The zero-order chi connectivity index (χ0) is 24.2. The third-order valence-electron chi connectivity index (χ3n) is 5.74. The highest BCUT2D eigenvalue weighted by atomic mass is 16.6. The van der Waals surface area contributed by atoms with E-state index >= 15 is 0 Å². The van der Waals surface area contributed by atoms with Gasteiger partial charge in [-0.25, -0.2) is 0 Å². The number of anilines is 4. The standard InChI is InChI=1S/C26H22N4O4/c1-27(23-11-15-25(16-12-23)29(31)32)21-7-3-19(4-8-21)20-5-9-22(10-6-20)28(2)24-13-17-26(18-14-24)30(33)34/h3-18H,1-2H3. The summed E-state index contributed by atoms with van der Waals surface area (Å²) in [5.74, 6) is 0. The molecule has 0 aromatic heterocycles. The van der Waals surface area contributed by atoms with Gasteiger partial charge in [0.05, 0.1) is 9.85 Å². The number of benzene rings is 4. The van der Waals surface area contributed by atoms with E-state index in [0.29, 0.717) is 0 Å². The molecule has 0 aliphatic carbocycles. The maximum absolute atomic E-state index is 10.9. The minimum absolute atomic E-state index is 0.0650. The van der Waals surface area contributed by atoms with Gasteiger partial charge in [-0.05, 0) is 59.7 Å². The quantitative estimate of drug-likeness (QED) is 0.228. The van der Waals surface area contributed by atoms with Gasteiger partial charge in [0.2, 0.25) is 0 Å². The Labute approximate surface area is 196 Å². The van der Waals surface area contributed by atoms with Gasteiger partial charge in [-0.1, -0.05) is 24.3 Å². The van der Waals surface area contributed by atoms with Crippen LogP contribution in [0.5, 0.6) is 0 Å². The average Bonchev–Trinajstić information content (AvgIpc) is 2.88. The van der Waals surface area contributed by atoms with E-state index in [1.807, 2.05) is 72.4 Å². The molecular weight excluding hydrogens is 432 g/mol. The summed E-state index contributed by atoms with van der Waals surface area (Å²) in [6.07, 6.45) is 0. The minimum Gasteiger partial charge on any atom is -0.345 e. The molecular formula is C26H22N4O4. The monoisotopic (exact) mass is 454 g/mol.